The predicted octanol–water partition coefficient (Wildman–Crippen LogP) is 5.57. The molecule has 0 heterocycles. The molecule has 1 atom stereocenters. The topological polar surface area (TPSA) is 96.0 Å². The first-order valence-electron chi connectivity index (χ1n) is 13.3. The highest BCUT2D eigenvalue weighted by Crippen LogP contribution is 2.27. The lowest BCUT2D eigenvalue weighted by Crippen LogP contribution is -2.55. The SMILES string of the molecule is CCC(C(=O)NC(C)(C)C)N(Cc1cccc(C)c1)C(=O)CN(c1ccc(Cl)cc1)S(=O)(=O)c1ccc(OC)cc1. The molecule has 0 fully saturated rings. The number of amides is 2. The van der Waals surface area contributed by atoms with Gasteiger partial charge in [-0.05, 0) is 88.2 Å². The highest BCUT2D eigenvalue weighted by Gasteiger charge is 2.34. The van der Waals surface area contributed by atoms with Gasteiger partial charge in [0.25, 0.3) is 10.0 Å². The lowest BCUT2D eigenvalue weighted by molar-refractivity contribution is -0.141. The lowest BCUT2D eigenvalue weighted by Gasteiger charge is -2.34. The van der Waals surface area contributed by atoms with E-state index in [0.717, 1.165) is 15.4 Å². The van der Waals surface area contributed by atoms with Gasteiger partial charge in [-0.1, -0.05) is 48.4 Å². The van der Waals surface area contributed by atoms with Crippen molar-refractivity contribution < 1.29 is 22.7 Å². The van der Waals surface area contributed by atoms with E-state index in [1.165, 1.54) is 24.1 Å². The van der Waals surface area contributed by atoms with Crippen molar-refractivity contribution in [2.24, 2.45) is 0 Å². The van der Waals surface area contributed by atoms with E-state index in [1.54, 1.807) is 36.4 Å². The smallest absolute Gasteiger partial charge is 0.264 e. The van der Waals surface area contributed by atoms with Crippen LogP contribution in [0, 0.1) is 6.92 Å². The van der Waals surface area contributed by atoms with E-state index in [4.69, 9.17) is 16.3 Å². The van der Waals surface area contributed by atoms with Crippen LogP contribution in [0.15, 0.2) is 77.7 Å². The average Bonchev–Trinajstić information content (AvgIpc) is 2.91. The fraction of sp³-hybridized carbons (Fsp3) is 0.355. The quantitative estimate of drug-likeness (QED) is 0.311. The highest BCUT2D eigenvalue weighted by atomic mass is 35.5. The average molecular weight is 600 g/mol. The van der Waals surface area contributed by atoms with Crippen LogP contribution in [0.3, 0.4) is 0 Å². The van der Waals surface area contributed by atoms with Gasteiger partial charge in [0, 0.05) is 17.1 Å². The van der Waals surface area contributed by atoms with Crippen molar-refractivity contribution in [3.05, 3.63) is 88.9 Å². The first kappa shape index (κ1) is 32.0. The van der Waals surface area contributed by atoms with Crippen molar-refractivity contribution in [2.45, 2.75) is 64.1 Å². The van der Waals surface area contributed by atoms with Crippen molar-refractivity contribution >= 4 is 39.1 Å². The predicted molar refractivity (Wildman–Crippen MR) is 163 cm³/mol. The Labute approximate surface area is 248 Å². The number of carbonyl (C=O) groups is 2. The van der Waals surface area contributed by atoms with Crippen LogP contribution in [0.25, 0.3) is 0 Å². The zero-order valence-corrected chi connectivity index (χ0v) is 25.9. The number of aryl methyl sites for hydroxylation is 1. The summed E-state index contributed by atoms with van der Waals surface area (Å²) < 4.78 is 34.1. The van der Waals surface area contributed by atoms with Crippen LogP contribution in [0.1, 0.15) is 45.2 Å². The van der Waals surface area contributed by atoms with Crippen molar-refractivity contribution in [2.75, 3.05) is 18.0 Å². The Morgan fingerprint density at radius 3 is 2.17 bits per heavy atom. The number of carbonyl (C=O) groups excluding carboxylic acids is 2. The van der Waals surface area contributed by atoms with Gasteiger partial charge in [-0.15, -0.1) is 0 Å². The van der Waals surface area contributed by atoms with Crippen LogP contribution < -0.4 is 14.4 Å². The Bertz CT molecular complexity index is 1450. The Hall–Kier alpha value is -3.56. The molecule has 0 aliphatic heterocycles. The first-order chi connectivity index (χ1) is 19.2. The Morgan fingerprint density at radius 2 is 1.63 bits per heavy atom. The summed E-state index contributed by atoms with van der Waals surface area (Å²) in [5.41, 5.74) is 1.58. The number of nitrogens with one attached hydrogen (secondary N) is 1. The standard InChI is InChI=1S/C31H38ClN3O5S/c1-7-28(30(37)33-31(3,4)5)34(20-23-10-8-9-22(2)19-23)29(36)21-35(25-13-11-24(32)12-14-25)41(38,39)27-17-15-26(40-6)16-18-27/h8-19,28H,7,20-21H2,1-6H3,(H,33,37). The summed E-state index contributed by atoms with van der Waals surface area (Å²) in [5, 5.41) is 3.39. The van der Waals surface area contributed by atoms with E-state index < -0.39 is 34.1 Å². The second-order valence-electron chi connectivity index (χ2n) is 10.8. The number of methoxy groups -OCH3 is 1. The fourth-order valence-electron chi connectivity index (χ4n) is 4.39. The minimum atomic E-state index is -4.19. The third-order valence-electron chi connectivity index (χ3n) is 6.36. The first-order valence-corrected chi connectivity index (χ1v) is 15.2. The van der Waals surface area contributed by atoms with Crippen LogP contribution >= 0.6 is 11.6 Å². The van der Waals surface area contributed by atoms with Crippen LogP contribution in [0.5, 0.6) is 5.75 Å². The molecule has 10 heteroatoms. The number of ether oxygens (including phenoxy) is 1. The molecule has 0 radical (unpaired) electrons. The number of sulfonamides is 1. The van der Waals surface area contributed by atoms with Gasteiger partial charge < -0.3 is 15.0 Å². The zero-order chi connectivity index (χ0) is 30.4. The summed E-state index contributed by atoms with van der Waals surface area (Å²) in [5.74, 6) is -0.329. The van der Waals surface area contributed by atoms with E-state index in [0.29, 0.717) is 17.2 Å². The van der Waals surface area contributed by atoms with E-state index in [1.807, 2.05) is 58.9 Å². The van der Waals surface area contributed by atoms with E-state index >= 15 is 0 Å². The number of halogens is 1. The van der Waals surface area contributed by atoms with Gasteiger partial charge in [0.1, 0.15) is 18.3 Å². The van der Waals surface area contributed by atoms with Gasteiger partial charge in [0.05, 0.1) is 17.7 Å². The van der Waals surface area contributed by atoms with Gasteiger partial charge in [-0.3, -0.25) is 13.9 Å². The molecule has 1 unspecified atom stereocenters. The van der Waals surface area contributed by atoms with Crippen LogP contribution in [0.4, 0.5) is 5.69 Å². The number of nitrogens with zero attached hydrogens (tertiary/aromatic N) is 2. The van der Waals surface area contributed by atoms with Crippen molar-refractivity contribution in [3.63, 3.8) is 0 Å². The summed E-state index contributed by atoms with van der Waals surface area (Å²) in [6.45, 7) is 8.99. The zero-order valence-electron chi connectivity index (χ0n) is 24.3. The Kier molecular flexibility index (Phi) is 10.4. The Morgan fingerprint density at radius 1 is 1.00 bits per heavy atom. The minimum Gasteiger partial charge on any atom is -0.497 e. The van der Waals surface area contributed by atoms with Crippen LogP contribution in [0.2, 0.25) is 5.02 Å². The van der Waals surface area contributed by atoms with E-state index in [-0.39, 0.29) is 23.0 Å². The summed E-state index contributed by atoms with van der Waals surface area (Å²) in [4.78, 5) is 29.0. The molecule has 220 valence electrons. The van der Waals surface area contributed by atoms with Gasteiger partial charge in [-0.2, -0.15) is 0 Å². The van der Waals surface area contributed by atoms with Gasteiger partial charge >= 0.3 is 0 Å². The fourth-order valence-corrected chi connectivity index (χ4v) is 5.93. The van der Waals surface area contributed by atoms with Crippen molar-refractivity contribution in [3.8, 4) is 5.75 Å². The maximum absolute atomic E-state index is 14.1. The summed E-state index contributed by atoms with van der Waals surface area (Å²) in [6, 6.07) is 19.0. The monoisotopic (exact) mass is 599 g/mol. The molecule has 0 aromatic heterocycles. The molecule has 1 N–H and O–H groups in total. The molecule has 8 nitrogen and oxygen atoms in total. The number of hydrogen-bond acceptors (Lipinski definition) is 5. The molecule has 41 heavy (non-hydrogen) atoms. The summed E-state index contributed by atoms with van der Waals surface area (Å²) >= 11 is 6.09. The molecule has 0 saturated carbocycles. The maximum Gasteiger partial charge on any atom is 0.264 e. The van der Waals surface area contributed by atoms with Crippen LogP contribution in [-0.4, -0.2) is 50.4 Å². The van der Waals surface area contributed by atoms with Gasteiger partial charge in [0.15, 0.2) is 0 Å². The molecule has 0 aliphatic carbocycles. The van der Waals surface area contributed by atoms with Crippen molar-refractivity contribution in [1.29, 1.82) is 0 Å². The molecule has 2 amide bonds. The second-order valence-corrected chi connectivity index (χ2v) is 13.1. The van der Waals surface area contributed by atoms with E-state index in [2.05, 4.69) is 5.32 Å². The molecule has 0 aliphatic rings. The molecule has 0 spiro atoms. The number of rotatable bonds is 11. The van der Waals surface area contributed by atoms with E-state index in [9.17, 15) is 18.0 Å². The highest BCUT2D eigenvalue weighted by molar-refractivity contribution is 7.92. The molecule has 3 aromatic carbocycles. The maximum atomic E-state index is 14.1. The number of anilines is 1. The number of benzene rings is 3. The molecule has 3 rings (SSSR count). The van der Waals surface area contributed by atoms with Gasteiger partial charge in [-0.25, -0.2) is 8.42 Å². The molecule has 0 bridgehead atoms. The third-order valence-corrected chi connectivity index (χ3v) is 8.40. The van der Waals surface area contributed by atoms with Crippen LogP contribution in [-0.2, 0) is 26.2 Å². The number of hydrogen-bond donors (Lipinski definition) is 1. The molecular weight excluding hydrogens is 562 g/mol. The third kappa shape index (κ3) is 8.47. The van der Waals surface area contributed by atoms with Crippen molar-refractivity contribution in [1.82, 2.24) is 10.2 Å². The largest absolute Gasteiger partial charge is 0.497 e. The minimum absolute atomic E-state index is 0.0104. The lowest BCUT2D eigenvalue weighted by atomic mass is 10.0. The summed E-state index contributed by atoms with van der Waals surface area (Å²) in [7, 11) is -2.70. The Balaban J connectivity index is 2.07. The second kappa shape index (κ2) is 13.4. The summed E-state index contributed by atoms with van der Waals surface area (Å²) in [6.07, 6.45) is 0.339. The van der Waals surface area contributed by atoms with Gasteiger partial charge in [0.2, 0.25) is 11.8 Å². The molecule has 0 saturated heterocycles. The molecule has 3 aromatic rings. The normalized spacial score (nSPS) is 12.4. The molecular formula is C31H38ClN3O5S.